The monoisotopic (exact) mass is 162 g/mol. The standard InChI is InChI=1S/C7H6N4O/c12-7-3-8-1-5-6(11-7)2-9-4-10-5/h1-2,4H,3H2,(H,11,12). The third kappa shape index (κ3) is 1.16. The molecule has 2 rings (SSSR count). The molecule has 0 aliphatic carbocycles. The lowest BCUT2D eigenvalue weighted by atomic mass is 10.3. The van der Waals surface area contributed by atoms with Gasteiger partial charge in [0.2, 0.25) is 5.91 Å². The van der Waals surface area contributed by atoms with E-state index >= 15 is 0 Å². The van der Waals surface area contributed by atoms with Crippen molar-refractivity contribution in [1.82, 2.24) is 9.97 Å². The summed E-state index contributed by atoms with van der Waals surface area (Å²) in [5.41, 5.74) is 1.26. The van der Waals surface area contributed by atoms with Gasteiger partial charge < -0.3 is 5.32 Å². The van der Waals surface area contributed by atoms with E-state index in [1.807, 2.05) is 0 Å². The van der Waals surface area contributed by atoms with Crippen LogP contribution in [0.2, 0.25) is 0 Å². The van der Waals surface area contributed by atoms with Crippen LogP contribution in [0.5, 0.6) is 0 Å². The zero-order valence-electron chi connectivity index (χ0n) is 6.19. The van der Waals surface area contributed by atoms with Crippen molar-refractivity contribution in [3.63, 3.8) is 0 Å². The fraction of sp³-hybridized carbons (Fsp3) is 0.143. The van der Waals surface area contributed by atoms with Crippen molar-refractivity contribution in [2.45, 2.75) is 0 Å². The molecule has 0 bridgehead atoms. The average Bonchev–Trinajstić information content (AvgIpc) is 2.25. The molecule has 0 fully saturated rings. The Morgan fingerprint density at radius 2 is 2.42 bits per heavy atom. The molecule has 0 aromatic carbocycles. The first-order chi connectivity index (χ1) is 5.86. The van der Waals surface area contributed by atoms with Crippen molar-refractivity contribution in [1.29, 1.82) is 0 Å². The van der Waals surface area contributed by atoms with Crippen molar-refractivity contribution in [2.75, 3.05) is 11.9 Å². The van der Waals surface area contributed by atoms with Gasteiger partial charge >= 0.3 is 0 Å². The number of aliphatic imine (C=N–C) groups is 1. The first-order valence-corrected chi connectivity index (χ1v) is 3.46. The van der Waals surface area contributed by atoms with Crippen molar-refractivity contribution >= 4 is 17.8 Å². The zero-order chi connectivity index (χ0) is 8.39. The van der Waals surface area contributed by atoms with Crippen LogP contribution >= 0.6 is 0 Å². The Hall–Kier alpha value is -1.78. The Morgan fingerprint density at radius 1 is 1.50 bits per heavy atom. The smallest absolute Gasteiger partial charge is 0.246 e. The quantitative estimate of drug-likeness (QED) is 0.576. The van der Waals surface area contributed by atoms with Crippen molar-refractivity contribution in [3.8, 4) is 0 Å². The minimum Gasteiger partial charge on any atom is -0.321 e. The molecule has 2 heterocycles. The molecule has 12 heavy (non-hydrogen) atoms. The molecule has 0 saturated heterocycles. The molecular weight excluding hydrogens is 156 g/mol. The van der Waals surface area contributed by atoms with Crippen molar-refractivity contribution in [3.05, 3.63) is 18.2 Å². The third-order valence-corrected chi connectivity index (χ3v) is 1.47. The number of nitrogens with one attached hydrogen (secondary N) is 1. The molecule has 1 N–H and O–H groups in total. The summed E-state index contributed by atoms with van der Waals surface area (Å²) >= 11 is 0. The first-order valence-electron chi connectivity index (χ1n) is 3.46. The second kappa shape index (κ2) is 2.69. The van der Waals surface area contributed by atoms with Gasteiger partial charge in [-0.2, -0.15) is 0 Å². The number of rotatable bonds is 0. The number of carbonyl (C=O) groups excluding carboxylic acids is 1. The van der Waals surface area contributed by atoms with E-state index in [0.717, 1.165) is 0 Å². The lowest BCUT2D eigenvalue weighted by Gasteiger charge is -2.00. The van der Waals surface area contributed by atoms with Gasteiger partial charge in [-0.25, -0.2) is 9.97 Å². The van der Waals surface area contributed by atoms with E-state index in [1.54, 1.807) is 12.4 Å². The Morgan fingerprint density at radius 3 is 3.33 bits per heavy atom. The van der Waals surface area contributed by atoms with Crippen LogP contribution in [0.4, 0.5) is 5.69 Å². The van der Waals surface area contributed by atoms with Crippen LogP contribution < -0.4 is 5.32 Å². The molecule has 60 valence electrons. The number of aromatic nitrogens is 2. The van der Waals surface area contributed by atoms with E-state index in [1.165, 1.54) is 6.33 Å². The van der Waals surface area contributed by atoms with Crippen LogP contribution in [-0.4, -0.2) is 28.6 Å². The fourth-order valence-electron chi connectivity index (χ4n) is 0.943. The normalized spacial score (nSPS) is 14.8. The van der Waals surface area contributed by atoms with E-state index in [2.05, 4.69) is 20.3 Å². The van der Waals surface area contributed by atoms with E-state index in [4.69, 9.17) is 0 Å². The maximum atomic E-state index is 11.0. The summed E-state index contributed by atoms with van der Waals surface area (Å²) in [6.07, 6.45) is 4.54. The summed E-state index contributed by atoms with van der Waals surface area (Å²) < 4.78 is 0. The highest BCUT2D eigenvalue weighted by Crippen LogP contribution is 2.09. The molecule has 0 saturated carbocycles. The highest BCUT2D eigenvalue weighted by molar-refractivity contribution is 6.00. The van der Waals surface area contributed by atoms with Gasteiger partial charge in [0.15, 0.2) is 0 Å². The van der Waals surface area contributed by atoms with Gasteiger partial charge in [-0.05, 0) is 0 Å². The van der Waals surface area contributed by atoms with Crippen molar-refractivity contribution in [2.24, 2.45) is 4.99 Å². The Kier molecular flexibility index (Phi) is 1.55. The average molecular weight is 162 g/mol. The molecule has 0 radical (unpaired) electrons. The summed E-state index contributed by atoms with van der Waals surface area (Å²) in [6, 6.07) is 0. The number of anilines is 1. The summed E-state index contributed by atoms with van der Waals surface area (Å²) in [4.78, 5) is 22.6. The predicted octanol–water partition coefficient (Wildman–Crippen LogP) is -0.152. The Balaban J connectivity index is 2.48. The van der Waals surface area contributed by atoms with Crippen LogP contribution in [0.1, 0.15) is 5.69 Å². The second-order valence-corrected chi connectivity index (χ2v) is 2.34. The third-order valence-electron chi connectivity index (χ3n) is 1.47. The molecule has 5 heteroatoms. The Bertz CT molecular complexity index is 347. The first kappa shape index (κ1) is 6.90. The minimum absolute atomic E-state index is 0.139. The highest BCUT2D eigenvalue weighted by Gasteiger charge is 2.08. The molecular formula is C7H6N4O. The highest BCUT2D eigenvalue weighted by atomic mass is 16.1. The molecule has 5 nitrogen and oxygen atoms in total. The van der Waals surface area contributed by atoms with Gasteiger partial charge in [0.1, 0.15) is 18.6 Å². The SMILES string of the molecule is O=C1CN=Cc2ncncc2N1. The van der Waals surface area contributed by atoms with Gasteiger partial charge in [-0.15, -0.1) is 0 Å². The summed E-state index contributed by atoms with van der Waals surface area (Å²) in [6.45, 7) is 0.149. The topological polar surface area (TPSA) is 67.2 Å². The summed E-state index contributed by atoms with van der Waals surface area (Å²) in [5.74, 6) is -0.139. The maximum Gasteiger partial charge on any atom is 0.246 e. The molecule has 1 aliphatic rings. The molecule has 0 atom stereocenters. The number of amides is 1. The Labute approximate surface area is 68.6 Å². The maximum absolute atomic E-state index is 11.0. The number of fused-ring (bicyclic) bond motifs is 1. The van der Waals surface area contributed by atoms with E-state index in [0.29, 0.717) is 11.4 Å². The van der Waals surface area contributed by atoms with Gasteiger partial charge in [-0.3, -0.25) is 9.79 Å². The van der Waals surface area contributed by atoms with Crippen molar-refractivity contribution < 1.29 is 4.79 Å². The molecule has 1 aromatic rings. The molecule has 0 unspecified atom stereocenters. The van der Waals surface area contributed by atoms with Crippen LogP contribution in [0.15, 0.2) is 17.5 Å². The fourth-order valence-corrected chi connectivity index (χ4v) is 0.943. The van der Waals surface area contributed by atoms with Gasteiger partial charge in [-0.1, -0.05) is 0 Å². The predicted molar refractivity (Wildman–Crippen MR) is 43.1 cm³/mol. The van der Waals surface area contributed by atoms with E-state index in [9.17, 15) is 4.79 Å². The second-order valence-electron chi connectivity index (χ2n) is 2.34. The summed E-state index contributed by atoms with van der Waals surface area (Å²) in [7, 11) is 0. The molecule has 0 spiro atoms. The van der Waals surface area contributed by atoms with Crippen LogP contribution in [0, 0.1) is 0 Å². The number of hydrogen-bond donors (Lipinski definition) is 1. The minimum atomic E-state index is -0.139. The molecule has 1 aliphatic heterocycles. The number of carbonyl (C=O) groups is 1. The van der Waals surface area contributed by atoms with Crippen LogP contribution in [0.25, 0.3) is 0 Å². The number of nitrogens with zero attached hydrogens (tertiary/aromatic N) is 3. The lowest BCUT2D eigenvalue weighted by molar-refractivity contribution is -0.114. The van der Waals surface area contributed by atoms with E-state index in [-0.39, 0.29) is 12.5 Å². The van der Waals surface area contributed by atoms with Crippen LogP contribution in [0.3, 0.4) is 0 Å². The van der Waals surface area contributed by atoms with E-state index < -0.39 is 0 Å². The van der Waals surface area contributed by atoms with Gasteiger partial charge in [0.25, 0.3) is 0 Å². The summed E-state index contributed by atoms with van der Waals surface area (Å²) in [5, 5.41) is 2.63. The zero-order valence-corrected chi connectivity index (χ0v) is 6.19. The van der Waals surface area contributed by atoms with Gasteiger partial charge in [0.05, 0.1) is 11.9 Å². The van der Waals surface area contributed by atoms with Crippen LogP contribution in [-0.2, 0) is 4.79 Å². The van der Waals surface area contributed by atoms with Gasteiger partial charge in [0, 0.05) is 6.21 Å². The lowest BCUT2D eigenvalue weighted by Crippen LogP contribution is -2.13. The molecule has 1 amide bonds. The molecule has 1 aromatic heterocycles. The largest absolute Gasteiger partial charge is 0.321 e. The number of hydrogen-bond acceptors (Lipinski definition) is 4.